The molecule has 1 aromatic carbocycles. The number of hydrogen-bond donors (Lipinski definition) is 2. The Balaban J connectivity index is 1.70. The highest BCUT2D eigenvalue weighted by molar-refractivity contribution is 6.05. The summed E-state index contributed by atoms with van der Waals surface area (Å²) in [5, 5.41) is 12.1. The van der Waals surface area contributed by atoms with Crippen molar-refractivity contribution in [3.8, 4) is 11.4 Å². The maximum atomic E-state index is 6.24. The summed E-state index contributed by atoms with van der Waals surface area (Å²) in [6, 6.07) is 7.89. The third kappa shape index (κ3) is 2.71. The minimum atomic E-state index is -0.430. The molecule has 4 N–H and O–H groups in total. The predicted molar refractivity (Wildman–Crippen MR) is 95.8 cm³/mol. The van der Waals surface area contributed by atoms with Crippen LogP contribution in [-0.4, -0.2) is 37.8 Å². The van der Waals surface area contributed by atoms with Crippen LogP contribution in [0.2, 0.25) is 0 Å². The highest BCUT2D eigenvalue weighted by atomic mass is 15.6. The number of aryl methyl sites for hydroxylation is 1. The van der Waals surface area contributed by atoms with Gasteiger partial charge in [-0.25, -0.2) is 4.99 Å². The summed E-state index contributed by atoms with van der Waals surface area (Å²) in [5.41, 5.74) is 13.5. The summed E-state index contributed by atoms with van der Waals surface area (Å²) in [6.45, 7) is 0. The van der Waals surface area contributed by atoms with E-state index < -0.39 is 5.66 Å². The molecule has 2 heterocycles. The molecule has 1 fully saturated rings. The lowest BCUT2D eigenvalue weighted by molar-refractivity contribution is 0.305. The average Bonchev–Trinajstić information content (AvgIpc) is 3.02. The molecular weight excluding hydrogens is 318 g/mol. The Bertz CT molecular complexity index is 828. The van der Waals surface area contributed by atoms with Crippen LogP contribution in [0, 0.1) is 0 Å². The number of nitrogens with two attached hydrogens (primary N) is 2. The topological polar surface area (TPSA) is 124 Å². The van der Waals surface area contributed by atoms with Gasteiger partial charge in [0.1, 0.15) is 5.66 Å². The molecule has 1 aromatic heterocycles. The van der Waals surface area contributed by atoms with E-state index in [1.807, 2.05) is 29.2 Å². The van der Waals surface area contributed by atoms with Crippen LogP contribution in [-0.2, 0) is 7.05 Å². The summed E-state index contributed by atoms with van der Waals surface area (Å²) in [5.74, 6) is 1.24. The van der Waals surface area contributed by atoms with E-state index in [0.717, 1.165) is 36.9 Å². The standard InChI is InChI=1S/C16H21N9/c1-24-22-13(21-23-24)11-5-7-12(8-6-11)25-15(18)19-14(17)20-16(25)9-3-2-4-10-16/h5-8H,2-4,9-10H2,1H3,(H4,17,18,19,20). The lowest BCUT2D eigenvalue weighted by Crippen LogP contribution is -2.58. The van der Waals surface area contributed by atoms with E-state index in [-0.39, 0.29) is 5.96 Å². The number of aromatic nitrogens is 4. The summed E-state index contributed by atoms with van der Waals surface area (Å²) in [7, 11) is 1.74. The Hall–Kier alpha value is -2.97. The maximum absolute atomic E-state index is 6.24. The van der Waals surface area contributed by atoms with E-state index in [1.165, 1.54) is 11.2 Å². The molecule has 0 saturated heterocycles. The van der Waals surface area contributed by atoms with Crippen LogP contribution < -0.4 is 16.4 Å². The van der Waals surface area contributed by atoms with E-state index in [2.05, 4.69) is 25.4 Å². The van der Waals surface area contributed by atoms with Crippen LogP contribution in [0.3, 0.4) is 0 Å². The van der Waals surface area contributed by atoms with Crippen LogP contribution in [0.15, 0.2) is 34.3 Å². The highest BCUT2D eigenvalue weighted by Crippen LogP contribution is 2.39. The van der Waals surface area contributed by atoms with Gasteiger partial charge < -0.3 is 11.5 Å². The van der Waals surface area contributed by atoms with Gasteiger partial charge in [0.05, 0.1) is 7.05 Å². The molecule has 25 heavy (non-hydrogen) atoms. The van der Waals surface area contributed by atoms with E-state index in [1.54, 1.807) is 7.05 Å². The lowest BCUT2D eigenvalue weighted by Gasteiger charge is -2.45. The third-order valence-electron chi connectivity index (χ3n) is 4.74. The van der Waals surface area contributed by atoms with Crippen molar-refractivity contribution < 1.29 is 0 Å². The Morgan fingerprint density at radius 3 is 2.40 bits per heavy atom. The molecule has 0 bridgehead atoms. The average molecular weight is 339 g/mol. The molecular formula is C16H21N9. The zero-order valence-electron chi connectivity index (χ0n) is 14.1. The Kier molecular flexibility index (Phi) is 3.63. The number of guanidine groups is 2. The molecule has 0 atom stereocenters. The summed E-state index contributed by atoms with van der Waals surface area (Å²) >= 11 is 0. The van der Waals surface area contributed by atoms with Crippen LogP contribution >= 0.6 is 0 Å². The van der Waals surface area contributed by atoms with Gasteiger partial charge in [0.2, 0.25) is 17.7 Å². The normalized spacial score (nSPS) is 19.6. The minimum absolute atomic E-state index is 0.260. The molecule has 0 unspecified atom stereocenters. The maximum Gasteiger partial charge on any atom is 0.220 e. The van der Waals surface area contributed by atoms with Crippen molar-refractivity contribution in [3.05, 3.63) is 24.3 Å². The van der Waals surface area contributed by atoms with Crippen molar-refractivity contribution in [1.82, 2.24) is 20.2 Å². The molecule has 0 radical (unpaired) electrons. The molecule has 1 saturated carbocycles. The van der Waals surface area contributed by atoms with Gasteiger partial charge in [0.15, 0.2) is 0 Å². The number of aliphatic imine (C=N–C) groups is 2. The van der Waals surface area contributed by atoms with Crippen LogP contribution in [0.4, 0.5) is 5.69 Å². The van der Waals surface area contributed by atoms with Crippen molar-refractivity contribution >= 4 is 17.6 Å². The predicted octanol–water partition coefficient (Wildman–Crippen LogP) is 0.987. The second-order valence-corrected chi connectivity index (χ2v) is 6.47. The summed E-state index contributed by atoms with van der Waals surface area (Å²) in [4.78, 5) is 12.3. The first-order valence-corrected chi connectivity index (χ1v) is 8.42. The minimum Gasteiger partial charge on any atom is -0.369 e. The Morgan fingerprint density at radius 2 is 1.76 bits per heavy atom. The number of tetrazole rings is 1. The van der Waals surface area contributed by atoms with Gasteiger partial charge >= 0.3 is 0 Å². The molecule has 4 rings (SSSR count). The van der Waals surface area contributed by atoms with Gasteiger partial charge in [-0.15, -0.1) is 10.2 Å². The third-order valence-corrected chi connectivity index (χ3v) is 4.74. The largest absolute Gasteiger partial charge is 0.369 e. The lowest BCUT2D eigenvalue weighted by atomic mass is 9.87. The molecule has 1 aliphatic heterocycles. The molecule has 2 aliphatic rings. The van der Waals surface area contributed by atoms with Gasteiger partial charge in [-0.2, -0.15) is 9.79 Å². The number of anilines is 1. The Labute approximate surface area is 145 Å². The van der Waals surface area contributed by atoms with Crippen molar-refractivity contribution in [2.24, 2.45) is 28.5 Å². The molecule has 9 nitrogen and oxygen atoms in total. The van der Waals surface area contributed by atoms with Gasteiger partial charge in [0.25, 0.3) is 0 Å². The fourth-order valence-electron chi connectivity index (χ4n) is 3.65. The fraction of sp³-hybridized carbons (Fsp3) is 0.438. The molecule has 2 aromatic rings. The van der Waals surface area contributed by atoms with E-state index in [0.29, 0.717) is 11.8 Å². The number of nitrogens with zero attached hydrogens (tertiary/aromatic N) is 7. The number of rotatable bonds is 2. The van der Waals surface area contributed by atoms with Crippen LogP contribution in [0.25, 0.3) is 11.4 Å². The molecule has 0 amide bonds. The summed E-state index contributed by atoms with van der Waals surface area (Å²) in [6.07, 6.45) is 5.23. The number of benzene rings is 1. The van der Waals surface area contributed by atoms with Crippen molar-refractivity contribution in [3.63, 3.8) is 0 Å². The first kappa shape index (κ1) is 15.6. The molecule has 9 heteroatoms. The van der Waals surface area contributed by atoms with E-state index >= 15 is 0 Å². The van der Waals surface area contributed by atoms with Crippen LogP contribution in [0.1, 0.15) is 32.1 Å². The summed E-state index contributed by atoms with van der Waals surface area (Å²) < 4.78 is 0. The van der Waals surface area contributed by atoms with Gasteiger partial charge in [0, 0.05) is 11.3 Å². The highest BCUT2D eigenvalue weighted by Gasteiger charge is 2.42. The van der Waals surface area contributed by atoms with Gasteiger partial charge in [-0.05, 0) is 55.2 Å². The van der Waals surface area contributed by atoms with Crippen LogP contribution in [0.5, 0.6) is 0 Å². The SMILES string of the molecule is Cn1nnc(-c2ccc(N3C(N)=NC(N)=NC34CCCCC4)cc2)n1. The van der Waals surface area contributed by atoms with Gasteiger partial charge in [-0.1, -0.05) is 6.42 Å². The second-order valence-electron chi connectivity index (χ2n) is 6.47. The van der Waals surface area contributed by atoms with E-state index in [4.69, 9.17) is 11.5 Å². The molecule has 1 aliphatic carbocycles. The van der Waals surface area contributed by atoms with Crippen molar-refractivity contribution in [2.45, 2.75) is 37.8 Å². The molecule has 130 valence electrons. The number of hydrogen-bond acceptors (Lipinski definition) is 8. The molecule has 1 spiro atoms. The first-order valence-electron chi connectivity index (χ1n) is 8.42. The first-order chi connectivity index (χ1) is 12.1. The smallest absolute Gasteiger partial charge is 0.220 e. The fourth-order valence-corrected chi connectivity index (χ4v) is 3.65. The van der Waals surface area contributed by atoms with Crippen molar-refractivity contribution in [1.29, 1.82) is 0 Å². The Morgan fingerprint density at radius 1 is 1.04 bits per heavy atom. The zero-order valence-corrected chi connectivity index (χ0v) is 14.1. The van der Waals surface area contributed by atoms with Gasteiger partial charge in [-0.3, -0.25) is 4.90 Å². The van der Waals surface area contributed by atoms with Crippen molar-refractivity contribution in [2.75, 3.05) is 4.90 Å². The zero-order chi connectivity index (χ0) is 17.4. The quantitative estimate of drug-likeness (QED) is 0.841. The van der Waals surface area contributed by atoms with E-state index in [9.17, 15) is 0 Å². The second kappa shape index (κ2) is 5.83. The monoisotopic (exact) mass is 339 g/mol.